The van der Waals surface area contributed by atoms with Crippen molar-refractivity contribution < 1.29 is 13.2 Å². The van der Waals surface area contributed by atoms with Crippen molar-refractivity contribution in [3.8, 4) is 0 Å². The number of nitrogens with one attached hydrogen (secondary N) is 1. The van der Waals surface area contributed by atoms with E-state index in [1.165, 1.54) is 12.1 Å². The van der Waals surface area contributed by atoms with E-state index in [0.717, 1.165) is 0 Å². The molecule has 1 rings (SSSR count). The molecule has 0 heterocycles. The minimum absolute atomic E-state index is 0.335. The maximum atomic E-state index is 11.8. The summed E-state index contributed by atoms with van der Waals surface area (Å²) in [5.41, 5.74) is 0.335. The summed E-state index contributed by atoms with van der Waals surface area (Å²) in [4.78, 5) is 0. The molecule has 0 aliphatic rings. The third-order valence-electron chi connectivity index (χ3n) is 1.36. The molecule has 1 N–H and O–H groups in total. The number of rotatable bonds is 2. The quantitative estimate of drug-likeness (QED) is 0.865. The molecule has 1 nitrogen and oxygen atoms in total. The number of halogens is 5. The summed E-state index contributed by atoms with van der Waals surface area (Å²) < 4.78 is 36.1. The summed E-state index contributed by atoms with van der Waals surface area (Å²) in [5, 5.41) is 2.61. The maximum Gasteiger partial charge on any atom is 0.405 e. The van der Waals surface area contributed by atoms with Crippen LogP contribution in [0.3, 0.4) is 0 Å². The van der Waals surface area contributed by atoms with Gasteiger partial charge in [0.1, 0.15) is 6.54 Å². The van der Waals surface area contributed by atoms with Crippen LogP contribution in [0.5, 0.6) is 0 Å². The van der Waals surface area contributed by atoms with E-state index in [1.807, 2.05) is 0 Å². The van der Waals surface area contributed by atoms with Gasteiger partial charge in [0.25, 0.3) is 0 Å². The van der Waals surface area contributed by atoms with Gasteiger partial charge in [0, 0.05) is 15.2 Å². The zero-order valence-electron chi connectivity index (χ0n) is 6.83. The highest BCUT2D eigenvalue weighted by Crippen LogP contribution is 2.24. The van der Waals surface area contributed by atoms with Gasteiger partial charge in [-0.05, 0) is 18.2 Å². The fraction of sp³-hybridized carbons (Fsp3) is 0.250. The Morgan fingerprint density at radius 1 is 1.29 bits per heavy atom. The average molecular weight is 288 g/mol. The molecular formula is C8H6BrClF3N. The Balaban J connectivity index is 2.68. The molecule has 0 atom stereocenters. The van der Waals surface area contributed by atoms with Crippen molar-refractivity contribution >= 4 is 33.2 Å². The SMILES string of the molecule is FC(F)(F)CNc1cc(Cl)cc(Br)c1. The van der Waals surface area contributed by atoms with Gasteiger partial charge in [0.2, 0.25) is 0 Å². The molecule has 0 saturated carbocycles. The van der Waals surface area contributed by atoms with Gasteiger partial charge in [-0.2, -0.15) is 13.2 Å². The first-order chi connectivity index (χ1) is 6.37. The molecule has 0 saturated heterocycles. The Kier molecular flexibility index (Phi) is 3.66. The van der Waals surface area contributed by atoms with Crippen LogP contribution in [-0.4, -0.2) is 12.7 Å². The molecule has 0 bridgehead atoms. The van der Waals surface area contributed by atoms with Gasteiger partial charge >= 0.3 is 6.18 Å². The Bertz CT molecular complexity index is 307. The molecule has 0 spiro atoms. The monoisotopic (exact) mass is 287 g/mol. The van der Waals surface area contributed by atoms with Crippen molar-refractivity contribution in [2.45, 2.75) is 6.18 Å². The maximum absolute atomic E-state index is 11.8. The second-order valence-corrected chi connectivity index (χ2v) is 3.98. The van der Waals surface area contributed by atoms with Crippen LogP contribution in [-0.2, 0) is 0 Å². The molecule has 0 aromatic heterocycles. The lowest BCUT2D eigenvalue weighted by Crippen LogP contribution is -2.21. The third kappa shape index (κ3) is 4.19. The highest BCUT2D eigenvalue weighted by Gasteiger charge is 2.26. The van der Waals surface area contributed by atoms with Gasteiger partial charge in [-0.1, -0.05) is 27.5 Å². The fourth-order valence-corrected chi connectivity index (χ4v) is 1.72. The van der Waals surface area contributed by atoms with Crippen LogP contribution < -0.4 is 5.32 Å². The molecule has 0 fully saturated rings. The van der Waals surface area contributed by atoms with Crippen LogP contribution in [0, 0.1) is 0 Å². The zero-order chi connectivity index (χ0) is 10.8. The molecule has 1 aromatic rings. The van der Waals surface area contributed by atoms with E-state index < -0.39 is 12.7 Å². The first-order valence-electron chi connectivity index (χ1n) is 3.63. The Morgan fingerprint density at radius 3 is 2.43 bits per heavy atom. The van der Waals surface area contributed by atoms with Gasteiger partial charge in [-0.25, -0.2) is 0 Å². The van der Waals surface area contributed by atoms with E-state index in [4.69, 9.17) is 11.6 Å². The van der Waals surface area contributed by atoms with E-state index in [-0.39, 0.29) is 0 Å². The first-order valence-corrected chi connectivity index (χ1v) is 4.81. The van der Waals surface area contributed by atoms with Crippen molar-refractivity contribution in [3.05, 3.63) is 27.7 Å². The van der Waals surface area contributed by atoms with Gasteiger partial charge in [0.15, 0.2) is 0 Å². The van der Waals surface area contributed by atoms with Crippen LogP contribution in [0.25, 0.3) is 0 Å². The predicted octanol–water partition coefficient (Wildman–Crippen LogP) is 4.08. The van der Waals surface area contributed by atoms with Crippen LogP contribution in [0.15, 0.2) is 22.7 Å². The van der Waals surface area contributed by atoms with Crippen molar-refractivity contribution in [1.29, 1.82) is 0 Å². The second kappa shape index (κ2) is 4.40. The number of anilines is 1. The molecule has 0 amide bonds. The number of hydrogen-bond donors (Lipinski definition) is 1. The number of alkyl halides is 3. The smallest absolute Gasteiger partial charge is 0.376 e. The third-order valence-corrected chi connectivity index (χ3v) is 2.03. The lowest BCUT2D eigenvalue weighted by Gasteiger charge is -2.09. The number of hydrogen-bond acceptors (Lipinski definition) is 1. The minimum atomic E-state index is -4.23. The predicted molar refractivity (Wildman–Crippen MR) is 53.7 cm³/mol. The van der Waals surface area contributed by atoms with Crippen LogP contribution in [0.2, 0.25) is 5.02 Å². The van der Waals surface area contributed by atoms with E-state index in [9.17, 15) is 13.2 Å². The van der Waals surface area contributed by atoms with E-state index >= 15 is 0 Å². The topological polar surface area (TPSA) is 12.0 Å². The van der Waals surface area contributed by atoms with Crippen molar-refractivity contribution in [2.75, 3.05) is 11.9 Å². The highest BCUT2D eigenvalue weighted by atomic mass is 79.9. The Morgan fingerprint density at radius 2 is 1.93 bits per heavy atom. The minimum Gasteiger partial charge on any atom is -0.376 e. The summed E-state index contributed by atoms with van der Waals surface area (Å²) in [6.07, 6.45) is -4.23. The van der Waals surface area contributed by atoms with E-state index in [0.29, 0.717) is 15.2 Å². The molecule has 0 aliphatic heterocycles. The van der Waals surface area contributed by atoms with Gasteiger partial charge in [-0.15, -0.1) is 0 Å². The molecule has 78 valence electrons. The molecule has 14 heavy (non-hydrogen) atoms. The van der Waals surface area contributed by atoms with Crippen molar-refractivity contribution in [2.24, 2.45) is 0 Å². The summed E-state index contributed by atoms with van der Waals surface area (Å²) in [6.45, 7) is -1.07. The number of benzene rings is 1. The zero-order valence-corrected chi connectivity index (χ0v) is 9.17. The van der Waals surface area contributed by atoms with Crippen molar-refractivity contribution in [1.82, 2.24) is 0 Å². The fourth-order valence-electron chi connectivity index (χ4n) is 0.858. The lowest BCUT2D eigenvalue weighted by molar-refractivity contribution is -0.115. The lowest BCUT2D eigenvalue weighted by atomic mass is 10.3. The average Bonchev–Trinajstić information content (AvgIpc) is 1.97. The van der Waals surface area contributed by atoms with Crippen LogP contribution >= 0.6 is 27.5 Å². The van der Waals surface area contributed by atoms with Crippen LogP contribution in [0.4, 0.5) is 18.9 Å². The first kappa shape index (κ1) is 11.7. The molecule has 1 aromatic carbocycles. The summed E-state index contributed by atoms with van der Waals surface area (Å²) >= 11 is 8.78. The summed E-state index contributed by atoms with van der Waals surface area (Å²) in [5.74, 6) is 0. The summed E-state index contributed by atoms with van der Waals surface area (Å²) in [6, 6.07) is 4.55. The second-order valence-electron chi connectivity index (χ2n) is 2.63. The molecular weight excluding hydrogens is 282 g/mol. The Hall–Kier alpha value is -0.420. The molecule has 0 aliphatic carbocycles. The van der Waals surface area contributed by atoms with E-state index in [1.54, 1.807) is 6.07 Å². The normalized spacial score (nSPS) is 11.5. The van der Waals surface area contributed by atoms with Gasteiger partial charge in [0.05, 0.1) is 0 Å². The van der Waals surface area contributed by atoms with Crippen LogP contribution in [0.1, 0.15) is 0 Å². The van der Waals surface area contributed by atoms with E-state index in [2.05, 4.69) is 21.2 Å². The largest absolute Gasteiger partial charge is 0.405 e. The molecule has 0 radical (unpaired) electrons. The molecule has 0 unspecified atom stereocenters. The highest BCUT2D eigenvalue weighted by molar-refractivity contribution is 9.10. The summed E-state index contributed by atoms with van der Waals surface area (Å²) in [7, 11) is 0. The Labute approximate surface area is 92.4 Å². The molecule has 6 heteroatoms. The standard InChI is InChI=1S/C8H6BrClF3N/c9-5-1-6(10)3-7(2-5)14-4-8(11,12)13/h1-3,14H,4H2. The van der Waals surface area contributed by atoms with Gasteiger partial charge < -0.3 is 5.32 Å². The van der Waals surface area contributed by atoms with Crippen molar-refractivity contribution in [3.63, 3.8) is 0 Å². The van der Waals surface area contributed by atoms with Gasteiger partial charge in [-0.3, -0.25) is 0 Å².